The van der Waals surface area contributed by atoms with E-state index >= 15 is 0 Å². The lowest BCUT2D eigenvalue weighted by Crippen LogP contribution is -2.46. The van der Waals surface area contributed by atoms with Gasteiger partial charge in [-0.3, -0.25) is 4.98 Å². The first-order valence-corrected chi connectivity index (χ1v) is 6.97. The van der Waals surface area contributed by atoms with E-state index in [1.54, 1.807) is 0 Å². The maximum atomic E-state index is 4.72. The smallest absolute Gasteiger partial charge is 0.0456 e. The highest BCUT2D eigenvalue weighted by molar-refractivity contribution is 5.81. The summed E-state index contributed by atoms with van der Waals surface area (Å²) in [6.07, 6.45) is 4.76. The molecule has 5 rings (SSSR count). The van der Waals surface area contributed by atoms with Crippen LogP contribution in [-0.2, 0) is 0 Å². The molecular formula is C16H18N2. The van der Waals surface area contributed by atoms with Gasteiger partial charge in [-0.25, -0.2) is 0 Å². The number of nitrogens with zero attached hydrogens (tertiary/aromatic N) is 2. The molecular weight excluding hydrogens is 220 g/mol. The zero-order valence-corrected chi connectivity index (χ0v) is 10.5. The molecule has 2 nitrogen and oxygen atoms in total. The molecule has 3 fully saturated rings. The first kappa shape index (κ1) is 10.5. The molecule has 0 spiro atoms. The Morgan fingerprint density at radius 2 is 1.83 bits per heavy atom. The number of hydrogen-bond acceptors (Lipinski definition) is 2. The molecule has 1 unspecified atom stereocenters. The van der Waals surface area contributed by atoms with Crippen LogP contribution in [0.3, 0.4) is 0 Å². The fraction of sp³-hybridized carbons (Fsp3) is 0.438. The van der Waals surface area contributed by atoms with Crippen molar-refractivity contribution in [3.8, 4) is 0 Å². The largest absolute Gasteiger partial charge is 0.303 e. The highest BCUT2D eigenvalue weighted by Gasteiger charge is 2.35. The summed E-state index contributed by atoms with van der Waals surface area (Å²) in [5.74, 6) is 1.53. The quantitative estimate of drug-likeness (QED) is 0.759. The molecule has 0 aliphatic carbocycles. The van der Waals surface area contributed by atoms with Gasteiger partial charge in [0.05, 0.1) is 0 Å². The standard InChI is InChI=1S/C16H18N2/c1-2-4-14-10-17-16(9-13(14)3-1)15-11-18-7-5-12(15)6-8-18/h1-4,9-10,12,15H,5-8,11H2. The molecule has 3 saturated heterocycles. The van der Waals surface area contributed by atoms with E-state index < -0.39 is 0 Å². The van der Waals surface area contributed by atoms with Crippen LogP contribution in [0, 0.1) is 5.92 Å². The van der Waals surface area contributed by atoms with E-state index in [1.165, 1.54) is 48.9 Å². The Morgan fingerprint density at radius 3 is 2.56 bits per heavy atom. The van der Waals surface area contributed by atoms with Crippen LogP contribution in [0.4, 0.5) is 0 Å². The van der Waals surface area contributed by atoms with Crippen LogP contribution in [0.15, 0.2) is 36.5 Å². The molecule has 0 N–H and O–H groups in total. The van der Waals surface area contributed by atoms with Gasteiger partial charge in [0, 0.05) is 29.7 Å². The first-order chi connectivity index (χ1) is 8.90. The monoisotopic (exact) mass is 238 g/mol. The summed E-state index contributed by atoms with van der Waals surface area (Å²) < 4.78 is 0. The summed E-state index contributed by atoms with van der Waals surface area (Å²) >= 11 is 0. The predicted molar refractivity (Wildman–Crippen MR) is 73.6 cm³/mol. The van der Waals surface area contributed by atoms with E-state index in [-0.39, 0.29) is 0 Å². The van der Waals surface area contributed by atoms with Crippen LogP contribution >= 0.6 is 0 Å². The van der Waals surface area contributed by atoms with Crippen molar-refractivity contribution >= 4 is 10.8 Å². The Morgan fingerprint density at radius 1 is 1.06 bits per heavy atom. The summed E-state index contributed by atoms with van der Waals surface area (Å²) in [5, 5.41) is 2.58. The molecule has 2 heteroatoms. The molecule has 2 aromatic rings. The van der Waals surface area contributed by atoms with Gasteiger partial charge in [0.15, 0.2) is 0 Å². The summed E-state index contributed by atoms with van der Waals surface area (Å²) in [4.78, 5) is 7.32. The number of aromatic nitrogens is 1. The van der Waals surface area contributed by atoms with Crippen LogP contribution in [0.25, 0.3) is 10.8 Å². The van der Waals surface area contributed by atoms with Crippen molar-refractivity contribution in [2.24, 2.45) is 5.92 Å². The molecule has 3 aliphatic rings. The Hall–Kier alpha value is -1.41. The van der Waals surface area contributed by atoms with Crippen LogP contribution in [-0.4, -0.2) is 29.5 Å². The number of rotatable bonds is 1. The number of pyridine rings is 1. The zero-order chi connectivity index (χ0) is 11.9. The van der Waals surface area contributed by atoms with Gasteiger partial charge in [0.2, 0.25) is 0 Å². The van der Waals surface area contributed by atoms with Crippen LogP contribution in [0.5, 0.6) is 0 Å². The summed E-state index contributed by atoms with van der Waals surface area (Å²) in [5.41, 5.74) is 1.31. The number of benzene rings is 1. The van der Waals surface area contributed by atoms with Gasteiger partial charge >= 0.3 is 0 Å². The summed E-state index contributed by atoms with van der Waals surface area (Å²) in [6.45, 7) is 3.82. The average molecular weight is 238 g/mol. The highest BCUT2D eigenvalue weighted by Crippen LogP contribution is 2.38. The maximum absolute atomic E-state index is 4.72. The molecule has 4 heterocycles. The molecule has 0 saturated carbocycles. The van der Waals surface area contributed by atoms with Gasteiger partial charge in [-0.05, 0) is 43.3 Å². The van der Waals surface area contributed by atoms with Crippen molar-refractivity contribution < 1.29 is 0 Å². The van der Waals surface area contributed by atoms with E-state index in [0.717, 1.165) is 5.92 Å². The van der Waals surface area contributed by atoms with Crippen molar-refractivity contribution in [2.75, 3.05) is 19.6 Å². The van der Waals surface area contributed by atoms with Crippen molar-refractivity contribution in [1.29, 1.82) is 0 Å². The third-order valence-corrected chi connectivity index (χ3v) is 4.69. The van der Waals surface area contributed by atoms with E-state index in [0.29, 0.717) is 5.92 Å². The van der Waals surface area contributed by atoms with Gasteiger partial charge in [0.1, 0.15) is 0 Å². The Kier molecular flexibility index (Phi) is 2.37. The Bertz CT molecular complexity index is 570. The van der Waals surface area contributed by atoms with Gasteiger partial charge in [0.25, 0.3) is 0 Å². The fourth-order valence-corrected chi connectivity index (χ4v) is 3.60. The molecule has 3 aliphatic heterocycles. The van der Waals surface area contributed by atoms with Crippen molar-refractivity contribution in [3.05, 3.63) is 42.2 Å². The minimum Gasteiger partial charge on any atom is -0.303 e. The van der Waals surface area contributed by atoms with Crippen LogP contribution in [0.1, 0.15) is 24.5 Å². The molecule has 1 aromatic carbocycles. The number of piperidine rings is 3. The van der Waals surface area contributed by atoms with Gasteiger partial charge in [-0.15, -0.1) is 0 Å². The minimum absolute atomic E-state index is 0.664. The van der Waals surface area contributed by atoms with Gasteiger partial charge < -0.3 is 4.90 Å². The second-order valence-corrected chi connectivity index (χ2v) is 5.70. The summed E-state index contributed by atoms with van der Waals surface area (Å²) in [6, 6.07) is 10.8. The molecule has 1 aromatic heterocycles. The molecule has 0 radical (unpaired) electrons. The van der Waals surface area contributed by atoms with E-state index in [9.17, 15) is 0 Å². The van der Waals surface area contributed by atoms with Gasteiger partial charge in [-0.2, -0.15) is 0 Å². The maximum Gasteiger partial charge on any atom is 0.0456 e. The Labute approximate surface area is 108 Å². The van der Waals surface area contributed by atoms with Crippen molar-refractivity contribution in [3.63, 3.8) is 0 Å². The normalized spacial score (nSPS) is 30.8. The minimum atomic E-state index is 0.664. The van der Waals surface area contributed by atoms with E-state index in [2.05, 4.69) is 35.2 Å². The third-order valence-electron chi connectivity index (χ3n) is 4.69. The second kappa shape index (κ2) is 4.06. The topological polar surface area (TPSA) is 16.1 Å². The highest BCUT2D eigenvalue weighted by atomic mass is 15.1. The lowest BCUT2D eigenvalue weighted by atomic mass is 9.77. The second-order valence-electron chi connectivity index (χ2n) is 5.70. The van der Waals surface area contributed by atoms with E-state index in [4.69, 9.17) is 4.98 Å². The van der Waals surface area contributed by atoms with Crippen LogP contribution in [0.2, 0.25) is 0 Å². The third kappa shape index (κ3) is 1.64. The van der Waals surface area contributed by atoms with Crippen molar-refractivity contribution in [2.45, 2.75) is 18.8 Å². The molecule has 18 heavy (non-hydrogen) atoms. The average Bonchev–Trinajstić information content (AvgIpc) is 2.48. The van der Waals surface area contributed by atoms with E-state index in [1.807, 2.05) is 6.20 Å². The summed E-state index contributed by atoms with van der Waals surface area (Å²) in [7, 11) is 0. The molecule has 0 amide bonds. The molecule has 2 bridgehead atoms. The van der Waals surface area contributed by atoms with Gasteiger partial charge in [-0.1, -0.05) is 24.3 Å². The number of hydrogen-bond donors (Lipinski definition) is 0. The predicted octanol–water partition coefficient (Wildman–Crippen LogP) is 3.04. The lowest BCUT2D eigenvalue weighted by molar-refractivity contribution is 0.0855. The number of fused-ring (bicyclic) bond motifs is 4. The first-order valence-electron chi connectivity index (χ1n) is 6.97. The molecule has 1 atom stereocenters. The Balaban J connectivity index is 1.74. The SMILES string of the molecule is c1ccc2cc(C3CN4CCC3CC4)ncc2c1. The fourth-order valence-electron chi connectivity index (χ4n) is 3.60. The van der Waals surface area contributed by atoms with Crippen LogP contribution < -0.4 is 0 Å². The lowest BCUT2D eigenvalue weighted by Gasteiger charge is -2.44. The molecule has 92 valence electrons. The zero-order valence-electron chi connectivity index (χ0n) is 10.5. The van der Waals surface area contributed by atoms with Crippen molar-refractivity contribution in [1.82, 2.24) is 9.88 Å².